The fraction of sp³-hybridized carbons (Fsp3) is 0.148. The molecule has 32 heavy (non-hydrogen) atoms. The van der Waals surface area contributed by atoms with E-state index in [9.17, 15) is 9.59 Å². The van der Waals surface area contributed by atoms with Crippen molar-refractivity contribution >= 4 is 11.6 Å². The molecule has 160 valence electrons. The predicted octanol–water partition coefficient (Wildman–Crippen LogP) is 5.87. The molecule has 0 aliphatic rings. The molecule has 0 saturated heterocycles. The van der Waals surface area contributed by atoms with Crippen LogP contribution in [0.4, 0.5) is 5.69 Å². The highest BCUT2D eigenvalue weighted by atomic mass is 16.2. The summed E-state index contributed by atoms with van der Waals surface area (Å²) >= 11 is 0. The largest absolute Gasteiger partial charge is 0.322 e. The van der Waals surface area contributed by atoms with E-state index < -0.39 is 11.5 Å². The van der Waals surface area contributed by atoms with Gasteiger partial charge in [0.2, 0.25) is 0 Å². The molecule has 0 radical (unpaired) electrons. The van der Waals surface area contributed by atoms with Gasteiger partial charge in [-0.05, 0) is 29.5 Å². The number of carbonyl (C=O) groups excluding carboxylic acids is 1. The van der Waals surface area contributed by atoms with Crippen molar-refractivity contribution in [2.24, 2.45) is 0 Å². The summed E-state index contributed by atoms with van der Waals surface area (Å²) in [7, 11) is 0. The first kappa shape index (κ1) is 21.2. The molecular weight excluding hydrogens is 398 g/mol. The van der Waals surface area contributed by atoms with Crippen molar-refractivity contribution in [3.63, 3.8) is 0 Å². The van der Waals surface area contributed by atoms with E-state index in [0.717, 1.165) is 23.1 Å². The van der Waals surface area contributed by atoms with Gasteiger partial charge in [0.25, 0.3) is 11.5 Å². The number of para-hydroxylation sites is 1. The third-order valence-electron chi connectivity index (χ3n) is 5.67. The molecular formula is C27H25N3O2. The van der Waals surface area contributed by atoms with E-state index in [4.69, 9.17) is 0 Å². The predicted molar refractivity (Wildman–Crippen MR) is 129 cm³/mol. The summed E-state index contributed by atoms with van der Waals surface area (Å²) in [5.74, 6) is -0.184. The summed E-state index contributed by atoms with van der Waals surface area (Å²) in [5.41, 5.74) is 3.91. The average molecular weight is 424 g/mol. The molecule has 1 atom stereocenters. The van der Waals surface area contributed by atoms with E-state index in [1.165, 1.54) is 0 Å². The second-order valence-corrected chi connectivity index (χ2v) is 7.73. The van der Waals surface area contributed by atoms with E-state index >= 15 is 0 Å². The summed E-state index contributed by atoms with van der Waals surface area (Å²) in [6.07, 6.45) is 0.941. The van der Waals surface area contributed by atoms with Crippen LogP contribution in [-0.4, -0.2) is 16.1 Å². The van der Waals surface area contributed by atoms with Gasteiger partial charge < -0.3 is 5.32 Å². The first-order chi connectivity index (χ1) is 15.6. The third kappa shape index (κ3) is 4.23. The molecule has 0 spiro atoms. The fourth-order valence-electron chi connectivity index (χ4n) is 3.80. The van der Waals surface area contributed by atoms with Gasteiger partial charge in [0.15, 0.2) is 0 Å². The van der Waals surface area contributed by atoms with Crippen LogP contribution in [0.1, 0.15) is 42.1 Å². The Bertz CT molecular complexity index is 1280. The van der Waals surface area contributed by atoms with E-state index in [0.29, 0.717) is 16.9 Å². The highest BCUT2D eigenvalue weighted by Crippen LogP contribution is 2.33. The number of aromatic nitrogens is 2. The normalized spacial score (nSPS) is 11.7. The van der Waals surface area contributed by atoms with Crippen molar-refractivity contribution in [1.29, 1.82) is 0 Å². The van der Waals surface area contributed by atoms with E-state index in [2.05, 4.69) is 29.4 Å². The molecule has 3 aromatic carbocycles. The summed E-state index contributed by atoms with van der Waals surface area (Å²) in [4.78, 5) is 26.4. The maximum absolute atomic E-state index is 13.5. The molecule has 0 bridgehead atoms. The van der Waals surface area contributed by atoms with Crippen molar-refractivity contribution in [3.8, 4) is 22.4 Å². The molecule has 1 amide bonds. The van der Waals surface area contributed by atoms with Crippen LogP contribution in [0.25, 0.3) is 22.4 Å². The molecule has 0 fully saturated rings. The van der Waals surface area contributed by atoms with E-state index in [1.807, 2.05) is 84.9 Å². The van der Waals surface area contributed by atoms with Gasteiger partial charge >= 0.3 is 0 Å². The zero-order chi connectivity index (χ0) is 22.5. The minimum Gasteiger partial charge on any atom is -0.322 e. The number of amides is 1. The molecule has 4 aromatic rings. The fourth-order valence-corrected chi connectivity index (χ4v) is 3.80. The second-order valence-electron chi connectivity index (χ2n) is 7.73. The Hall–Kier alpha value is -3.99. The van der Waals surface area contributed by atoms with Crippen LogP contribution >= 0.6 is 0 Å². The van der Waals surface area contributed by atoms with Gasteiger partial charge in [0.1, 0.15) is 5.56 Å². The van der Waals surface area contributed by atoms with Gasteiger partial charge in [-0.15, -0.1) is 0 Å². The number of anilines is 1. The molecule has 0 aliphatic heterocycles. The van der Waals surface area contributed by atoms with Crippen LogP contribution in [-0.2, 0) is 0 Å². The quantitative estimate of drug-likeness (QED) is 0.407. The number of hydrogen-bond acceptors (Lipinski definition) is 3. The van der Waals surface area contributed by atoms with Crippen LogP contribution < -0.4 is 10.9 Å². The lowest BCUT2D eigenvalue weighted by atomic mass is 9.94. The van der Waals surface area contributed by atoms with Crippen LogP contribution in [0.5, 0.6) is 0 Å². The zero-order valence-electron chi connectivity index (χ0n) is 18.1. The van der Waals surface area contributed by atoms with Crippen LogP contribution in [0.15, 0.2) is 89.7 Å². The highest BCUT2D eigenvalue weighted by Gasteiger charge is 2.24. The number of rotatable bonds is 6. The van der Waals surface area contributed by atoms with Gasteiger partial charge in [-0.25, -0.2) is 5.10 Å². The van der Waals surface area contributed by atoms with E-state index in [-0.39, 0.29) is 11.5 Å². The highest BCUT2D eigenvalue weighted by molar-refractivity contribution is 6.10. The Morgan fingerprint density at radius 3 is 2.16 bits per heavy atom. The minimum atomic E-state index is -0.526. The Morgan fingerprint density at radius 2 is 1.50 bits per heavy atom. The average Bonchev–Trinajstić information content (AvgIpc) is 2.84. The molecule has 5 nitrogen and oxygen atoms in total. The lowest BCUT2D eigenvalue weighted by Crippen LogP contribution is -2.26. The van der Waals surface area contributed by atoms with Gasteiger partial charge in [-0.2, -0.15) is 5.10 Å². The Labute approximate surface area is 187 Å². The summed E-state index contributed by atoms with van der Waals surface area (Å²) < 4.78 is 0. The van der Waals surface area contributed by atoms with Gasteiger partial charge in [-0.1, -0.05) is 92.7 Å². The third-order valence-corrected chi connectivity index (χ3v) is 5.67. The SMILES string of the molecule is CCC(C)c1ccccc1NC(=O)c1c(-c2ccccc2)c(-c2ccccc2)n[nH]c1=O. The molecule has 4 rings (SSSR count). The molecule has 0 aliphatic carbocycles. The number of benzene rings is 3. The van der Waals surface area contributed by atoms with Gasteiger partial charge in [-0.3, -0.25) is 9.59 Å². The maximum Gasteiger partial charge on any atom is 0.277 e. The lowest BCUT2D eigenvalue weighted by Gasteiger charge is -2.17. The van der Waals surface area contributed by atoms with Crippen molar-refractivity contribution in [3.05, 3.63) is 106 Å². The monoisotopic (exact) mass is 423 g/mol. The van der Waals surface area contributed by atoms with Gasteiger partial charge in [0.05, 0.1) is 5.69 Å². The van der Waals surface area contributed by atoms with Crippen LogP contribution in [0.3, 0.4) is 0 Å². The number of hydrogen-bond donors (Lipinski definition) is 2. The summed E-state index contributed by atoms with van der Waals surface area (Å²) in [6.45, 7) is 4.23. The van der Waals surface area contributed by atoms with Crippen molar-refractivity contribution in [2.75, 3.05) is 5.32 Å². The van der Waals surface area contributed by atoms with Crippen LogP contribution in [0.2, 0.25) is 0 Å². The number of carbonyl (C=O) groups is 1. The lowest BCUT2D eigenvalue weighted by molar-refractivity contribution is 0.102. The number of aromatic amines is 1. The number of H-pyrrole nitrogens is 1. The van der Waals surface area contributed by atoms with Gasteiger partial charge in [0, 0.05) is 16.8 Å². The van der Waals surface area contributed by atoms with E-state index in [1.54, 1.807) is 0 Å². The molecule has 5 heteroatoms. The van der Waals surface area contributed by atoms with Crippen LogP contribution in [0, 0.1) is 0 Å². The minimum absolute atomic E-state index is 0.0454. The molecule has 2 N–H and O–H groups in total. The van der Waals surface area contributed by atoms with Crippen molar-refractivity contribution < 1.29 is 4.79 Å². The topological polar surface area (TPSA) is 74.8 Å². The van der Waals surface area contributed by atoms with Crippen molar-refractivity contribution in [1.82, 2.24) is 10.2 Å². The number of nitrogens with zero attached hydrogens (tertiary/aromatic N) is 1. The molecule has 1 heterocycles. The Morgan fingerprint density at radius 1 is 0.906 bits per heavy atom. The standard InChI is InChI=1S/C27H25N3O2/c1-3-18(2)21-16-10-11-17-22(21)28-26(31)24-23(19-12-6-4-7-13-19)25(29-30-27(24)32)20-14-8-5-9-15-20/h4-18H,3H2,1-2H3,(H,28,31)(H,30,32). The first-order valence-corrected chi connectivity index (χ1v) is 10.7. The summed E-state index contributed by atoms with van der Waals surface area (Å²) in [6, 6.07) is 26.7. The molecule has 1 aromatic heterocycles. The molecule has 0 saturated carbocycles. The maximum atomic E-state index is 13.5. The van der Waals surface area contributed by atoms with Crippen molar-refractivity contribution in [2.45, 2.75) is 26.2 Å². The second kappa shape index (κ2) is 9.43. The summed E-state index contributed by atoms with van der Waals surface area (Å²) in [5, 5.41) is 9.83. The Kier molecular flexibility index (Phi) is 6.26. The zero-order valence-corrected chi connectivity index (χ0v) is 18.1. The Balaban J connectivity index is 1.88. The smallest absolute Gasteiger partial charge is 0.277 e. The first-order valence-electron chi connectivity index (χ1n) is 10.7. The number of nitrogens with one attached hydrogen (secondary N) is 2. The molecule has 1 unspecified atom stereocenters.